The maximum atomic E-state index is 12.2. The topological polar surface area (TPSA) is 65.2 Å². The van der Waals surface area contributed by atoms with Gasteiger partial charge in [0, 0.05) is 36.6 Å². The molecule has 22 heavy (non-hydrogen) atoms. The quantitative estimate of drug-likeness (QED) is 0.889. The van der Waals surface area contributed by atoms with Crippen LogP contribution >= 0.6 is 0 Å². The maximum absolute atomic E-state index is 12.2. The number of nitrogens with one attached hydrogen (secondary N) is 2. The summed E-state index contributed by atoms with van der Waals surface area (Å²) >= 11 is 0. The number of aromatic amines is 1. The Labute approximate surface area is 129 Å². The second kappa shape index (κ2) is 6.22. The van der Waals surface area contributed by atoms with E-state index in [-0.39, 0.29) is 17.9 Å². The number of hydrogen-bond acceptors (Lipinski definition) is 2. The van der Waals surface area contributed by atoms with Crippen LogP contribution in [0.25, 0.3) is 10.9 Å². The fourth-order valence-electron chi connectivity index (χ4n) is 3.02. The Morgan fingerprint density at radius 2 is 2.23 bits per heavy atom. The normalized spacial score (nSPS) is 18.1. The average molecular weight is 299 g/mol. The highest BCUT2D eigenvalue weighted by atomic mass is 16.2. The van der Waals surface area contributed by atoms with Gasteiger partial charge >= 0.3 is 0 Å². The lowest BCUT2D eigenvalue weighted by Gasteiger charge is -2.23. The van der Waals surface area contributed by atoms with E-state index in [4.69, 9.17) is 0 Å². The summed E-state index contributed by atoms with van der Waals surface area (Å²) in [5.41, 5.74) is 2.11. The van der Waals surface area contributed by atoms with E-state index in [1.807, 2.05) is 37.4 Å². The molecule has 1 aliphatic heterocycles. The van der Waals surface area contributed by atoms with E-state index in [0.29, 0.717) is 25.9 Å². The molecule has 0 bridgehead atoms. The van der Waals surface area contributed by atoms with Crippen LogP contribution in [0, 0.1) is 0 Å². The maximum Gasteiger partial charge on any atom is 0.242 e. The average Bonchev–Trinajstić information content (AvgIpc) is 3.10. The van der Waals surface area contributed by atoms with Crippen LogP contribution in [0.15, 0.2) is 30.5 Å². The number of rotatable bonds is 5. The predicted octanol–water partition coefficient (Wildman–Crippen LogP) is 2.19. The van der Waals surface area contributed by atoms with Crippen LogP contribution in [0.4, 0.5) is 0 Å². The summed E-state index contributed by atoms with van der Waals surface area (Å²) in [6.45, 7) is 3.15. The number of H-pyrrole nitrogens is 1. The van der Waals surface area contributed by atoms with E-state index in [1.54, 1.807) is 4.90 Å². The van der Waals surface area contributed by atoms with E-state index in [2.05, 4.69) is 10.3 Å². The molecule has 5 nitrogen and oxygen atoms in total. The van der Waals surface area contributed by atoms with Crippen LogP contribution in [0.1, 0.15) is 31.7 Å². The highest BCUT2D eigenvalue weighted by Gasteiger charge is 2.35. The minimum absolute atomic E-state index is 0.0347. The molecule has 116 valence electrons. The van der Waals surface area contributed by atoms with Crippen LogP contribution in [0.3, 0.4) is 0 Å². The molecular weight excluding hydrogens is 278 g/mol. The minimum atomic E-state index is -0.340. The van der Waals surface area contributed by atoms with E-state index in [9.17, 15) is 9.59 Å². The zero-order chi connectivity index (χ0) is 15.5. The zero-order valence-corrected chi connectivity index (χ0v) is 12.8. The van der Waals surface area contributed by atoms with Gasteiger partial charge in [-0.25, -0.2) is 0 Å². The van der Waals surface area contributed by atoms with Gasteiger partial charge < -0.3 is 15.2 Å². The van der Waals surface area contributed by atoms with Crippen LogP contribution < -0.4 is 5.32 Å². The molecule has 3 rings (SSSR count). The van der Waals surface area contributed by atoms with Gasteiger partial charge in [-0.1, -0.05) is 25.1 Å². The van der Waals surface area contributed by atoms with Gasteiger partial charge in [-0.3, -0.25) is 9.59 Å². The van der Waals surface area contributed by atoms with Crippen molar-refractivity contribution in [2.75, 3.05) is 6.54 Å². The van der Waals surface area contributed by atoms with Gasteiger partial charge in [0.15, 0.2) is 0 Å². The first-order valence-electron chi connectivity index (χ1n) is 7.83. The monoisotopic (exact) mass is 299 g/mol. The third-order valence-corrected chi connectivity index (χ3v) is 4.20. The van der Waals surface area contributed by atoms with Gasteiger partial charge in [-0.05, 0) is 24.5 Å². The van der Waals surface area contributed by atoms with Crippen molar-refractivity contribution >= 4 is 22.7 Å². The number of nitrogens with zero attached hydrogens (tertiary/aromatic N) is 1. The molecule has 0 aliphatic carbocycles. The number of para-hydroxylation sites is 1. The van der Waals surface area contributed by atoms with Crippen molar-refractivity contribution in [2.24, 2.45) is 0 Å². The Morgan fingerprint density at radius 3 is 3.05 bits per heavy atom. The summed E-state index contributed by atoms with van der Waals surface area (Å²) in [5, 5.41) is 4.01. The molecule has 0 spiro atoms. The van der Waals surface area contributed by atoms with Gasteiger partial charge in [0.25, 0.3) is 0 Å². The molecule has 1 fully saturated rings. The number of carbonyl (C=O) groups is 2. The molecule has 0 radical (unpaired) electrons. The highest BCUT2D eigenvalue weighted by Crippen LogP contribution is 2.25. The first kappa shape index (κ1) is 14.6. The smallest absolute Gasteiger partial charge is 0.242 e. The first-order valence-corrected chi connectivity index (χ1v) is 7.83. The number of likely N-dealkylation sites (tertiary alicyclic amines) is 1. The van der Waals surface area contributed by atoms with E-state index >= 15 is 0 Å². The van der Waals surface area contributed by atoms with Gasteiger partial charge in [-0.2, -0.15) is 0 Å². The summed E-state index contributed by atoms with van der Waals surface area (Å²) < 4.78 is 0. The molecule has 2 amide bonds. The predicted molar refractivity (Wildman–Crippen MR) is 85.2 cm³/mol. The van der Waals surface area contributed by atoms with Crippen molar-refractivity contribution < 1.29 is 9.59 Å². The summed E-state index contributed by atoms with van der Waals surface area (Å²) in [4.78, 5) is 29.3. The molecule has 2 N–H and O–H groups in total. The number of amides is 2. The molecule has 2 heterocycles. The Hall–Kier alpha value is -2.30. The SMILES string of the molecule is CCCNC(=O)[C@H]1CCC(=O)N1Cc1c[nH]c2ccccc12. The van der Waals surface area contributed by atoms with Crippen LogP contribution in [0.2, 0.25) is 0 Å². The molecule has 0 unspecified atom stereocenters. The molecule has 0 saturated carbocycles. The first-order chi connectivity index (χ1) is 10.7. The minimum Gasteiger partial charge on any atom is -0.361 e. The fraction of sp³-hybridized carbons (Fsp3) is 0.412. The van der Waals surface area contributed by atoms with Gasteiger partial charge in [0.1, 0.15) is 6.04 Å². The van der Waals surface area contributed by atoms with Crippen molar-refractivity contribution in [2.45, 2.75) is 38.8 Å². The molecule has 1 aromatic heterocycles. The lowest BCUT2D eigenvalue weighted by atomic mass is 10.1. The molecule has 1 atom stereocenters. The van der Waals surface area contributed by atoms with E-state index < -0.39 is 0 Å². The third kappa shape index (κ3) is 2.71. The Bertz CT molecular complexity index is 692. The van der Waals surface area contributed by atoms with Crippen molar-refractivity contribution in [3.8, 4) is 0 Å². The Balaban J connectivity index is 1.79. The Kier molecular flexibility index (Phi) is 4.13. The lowest BCUT2D eigenvalue weighted by Crippen LogP contribution is -2.44. The summed E-state index contributed by atoms with van der Waals surface area (Å²) in [6, 6.07) is 7.67. The second-order valence-electron chi connectivity index (χ2n) is 5.73. The number of aromatic nitrogens is 1. The summed E-state index contributed by atoms with van der Waals surface area (Å²) in [6.07, 6.45) is 3.88. The van der Waals surface area contributed by atoms with Crippen molar-refractivity contribution in [1.82, 2.24) is 15.2 Å². The van der Waals surface area contributed by atoms with Crippen molar-refractivity contribution in [3.05, 3.63) is 36.0 Å². The largest absolute Gasteiger partial charge is 0.361 e. The van der Waals surface area contributed by atoms with Crippen molar-refractivity contribution in [3.63, 3.8) is 0 Å². The van der Waals surface area contributed by atoms with E-state index in [0.717, 1.165) is 22.9 Å². The molecule has 1 aromatic carbocycles. The lowest BCUT2D eigenvalue weighted by molar-refractivity contribution is -0.135. The number of carbonyl (C=O) groups excluding carboxylic acids is 2. The van der Waals surface area contributed by atoms with Crippen LogP contribution in [-0.4, -0.2) is 34.3 Å². The molecule has 2 aromatic rings. The van der Waals surface area contributed by atoms with Crippen molar-refractivity contribution in [1.29, 1.82) is 0 Å². The second-order valence-corrected chi connectivity index (χ2v) is 5.73. The number of benzene rings is 1. The fourth-order valence-corrected chi connectivity index (χ4v) is 3.02. The van der Waals surface area contributed by atoms with Crippen LogP contribution in [-0.2, 0) is 16.1 Å². The number of hydrogen-bond donors (Lipinski definition) is 2. The zero-order valence-electron chi connectivity index (χ0n) is 12.8. The van der Waals surface area contributed by atoms with E-state index in [1.165, 1.54) is 0 Å². The summed E-state index contributed by atoms with van der Waals surface area (Å²) in [5.74, 6) is 0.0227. The molecule has 1 aliphatic rings. The molecule has 1 saturated heterocycles. The molecule has 5 heteroatoms. The Morgan fingerprint density at radius 1 is 1.41 bits per heavy atom. The third-order valence-electron chi connectivity index (χ3n) is 4.20. The number of fused-ring (bicyclic) bond motifs is 1. The van der Waals surface area contributed by atoms with Gasteiger partial charge in [0.2, 0.25) is 11.8 Å². The highest BCUT2D eigenvalue weighted by molar-refractivity contribution is 5.91. The van der Waals surface area contributed by atoms with Gasteiger partial charge in [-0.15, -0.1) is 0 Å². The van der Waals surface area contributed by atoms with Crippen LogP contribution in [0.5, 0.6) is 0 Å². The van der Waals surface area contributed by atoms with Gasteiger partial charge in [0.05, 0.1) is 0 Å². The molecular formula is C17H21N3O2. The summed E-state index contributed by atoms with van der Waals surface area (Å²) in [7, 11) is 0. The standard InChI is InChI=1S/C17H21N3O2/c1-2-9-18-17(22)15-7-8-16(21)20(15)11-12-10-19-14-6-4-3-5-13(12)14/h3-6,10,15,19H,2,7-9,11H2,1H3,(H,18,22)/t15-/m1/s1.